The molecule has 0 saturated carbocycles. The molecule has 0 fully saturated rings. The Kier molecular flexibility index (Phi) is 11.7. The second-order valence-electron chi connectivity index (χ2n) is 18.9. The lowest BCUT2D eigenvalue weighted by atomic mass is 9.64. The highest BCUT2D eigenvalue weighted by atomic mass is 15.2. The second kappa shape index (κ2) is 17.5. The van der Waals surface area contributed by atoms with Gasteiger partial charge in [0.2, 0.25) is 0 Å². The normalized spacial score (nSPS) is 25.1. The zero-order chi connectivity index (χ0) is 43.0. The summed E-state index contributed by atoms with van der Waals surface area (Å²) >= 11 is 0. The fraction of sp³-hybridized carbons (Fsp3) is 0.300. The molecule has 0 saturated heterocycles. The van der Waals surface area contributed by atoms with Gasteiger partial charge in [-0.3, -0.25) is 0 Å². The van der Waals surface area contributed by atoms with Gasteiger partial charge in [0.05, 0.1) is 11.2 Å². The summed E-state index contributed by atoms with van der Waals surface area (Å²) in [6, 6.07) is 18.6. The Morgan fingerprint density at radius 3 is 2.24 bits per heavy atom. The fourth-order valence-electron chi connectivity index (χ4n) is 11.0. The Morgan fingerprint density at radius 2 is 1.60 bits per heavy atom. The van der Waals surface area contributed by atoms with Gasteiger partial charge in [0.25, 0.3) is 0 Å². The third-order valence-corrected chi connectivity index (χ3v) is 14.3. The summed E-state index contributed by atoms with van der Waals surface area (Å²) in [6.45, 7) is 18.2. The molecule has 0 amide bonds. The Bertz CT molecular complexity index is 2620. The van der Waals surface area contributed by atoms with Gasteiger partial charge < -0.3 is 9.80 Å². The van der Waals surface area contributed by atoms with Crippen LogP contribution >= 0.6 is 0 Å². The van der Waals surface area contributed by atoms with E-state index in [0.29, 0.717) is 17.8 Å². The molecule has 0 spiro atoms. The van der Waals surface area contributed by atoms with Crippen molar-refractivity contribution in [2.75, 3.05) is 9.80 Å². The molecular weight excluding hydrogens is 749 g/mol. The highest BCUT2D eigenvalue weighted by Crippen LogP contribution is 2.56. The quantitative estimate of drug-likeness (QED) is 0.168. The molecule has 6 aliphatic carbocycles. The van der Waals surface area contributed by atoms with Gasteiger partial charge in [-0.1, -0.05) is 168 Å². The van der Waals surface area contributed by atoms with Gasteiger partial charge in [0.1, 0.15) is 0 Å². The van der Waals surface area contributed by atoms with E-state index < -0.39 is 5.54 Å². The van der Waals surface area contributed by atoms with E-state index in [0.717, 1.165) is 32.1 Å². The summed E-state index contributed by atoms with van der Waals surface area (Å²) in [4.78, 5) is 5.26. The SMILES string of the molecule is C=C/C(=C\C=C(/C)N(c1ccccc1)C1(C)C=C(C2C=CC=CC2)c2ccc3c(N(C4=CCC(C(C)C)C=C4)C4=CC=CCC4)cc(C4C=CC=CC4)c4c3c2C1C=C4)C(C)C. The minimum atomic E-state index is -0.442. The molecule has 5 atom stereocenters. The summed E-state index contributed by atoms with van der Waals surface area (Å²) < 4.78 is 0. The van der Waals surface area contributed by atoms with Crippen LogP contribution in [0.3, 0.4) is 0 Å². The van der Waals surface area contributed by atoms with Crippen molar-refractivity contribution in [3.8, 4) is 0 Å². The van der Waals surface area contributed by atoms with Crippen molar-refractivity contribution < 1.29 is 0 Å². The number of nitrogens with zero attached hydrogens (tertiary/aromatic N) is 2. The lowest BCUT2D eigenvalue weighted by molar-refractivity contribution is 0.465. The average molecular weight is 813 g/mol. The first kappa shape index (κ1) is 41.5. The van der Waals surface area contributed by atoms with Gasteiger partial charge in [-0.25, -0.2) is 0 Å². The molecule has 2 heteroatoms. The van der Waals surface area contributed by atoms with Crippen molar-refractivity contribution in [1.82, 2.24) is 0 Å². The monoisotopic (exact) mass is 813 g/mol. The molecule has 3 aromatic carbocycles. The summed E-state index contributed by atoms with van der Waals surface area (Å²) in [5.74, 6) is 2.18. The third kappa shape index (κ3) is 7.57. The number of rotatable bonds is 12. The van der Waals surface area contributed by atoms with Crippen LogP contribution in [0, 0.1) is 23.7 Å². The molecule has 0 aliphatic heterocycles. The van der Waals surface area contributed by atoms with Crippen LogP contribution in [-0.2, 0) is 0 Å². The van der Waals surface area contributed by atoms with Crippen molar-refractivity contribution >= 4 is 33.8 Å². The summed E-state index contributed by atoms with van der Waals surface area (Å²) in [5, 5.41) is 2.75. The van der Waals surface area contributed by atoms with Gasteiger partial charge in [-0.2, -0.15) is 0 Å². The summed E-state index contributed by atoms with van der Waals surface area (Å²) in [5.41, 5.74) is 14.2. The fourth-order valence-corrected chi connectivity index (χ4v) is 11.0. The second-order valence-corrected chi connectivity index (χ2v) is 18.9. The maximum atomic E-state index is 4.18. The van der Waals surface area contributed by atoms with Crippen LogP contribution in [0.15, 0.2) is 193 Å². The topological polar surface area (TPSA) is 6.48 Å². The van der Waals surface area contributed by atoms with Crippen molar-refractivity contribution in [3.05, 3.63) is 215 Å². The zero-order valence-electron chi connectivity index (χ0n) is 37.8. The molecule has 0 N–H and O–H groups in total. The van der Waals surface area contributed by atoms with E-state index >= 15 is 0 Å². The van der Waals surface area contributed by atoms with Crippen molar-refractivity contribution in [1.29, 1.82) is 0 Å². The lowest BCUT2D eigenvalue weighted by Gasteiger charge is -2.51. The number of hydrogen-bond acceptors (Lipinski definition) is 2. The van der Waals surface area contributed by atoms with E-state index in [-0.39, 0.29) is 17.8 Å². The maximum Gasteiger partial charge on any atom is 0.0711 e. The van der Waals surface area contributed by atoms with Crippen LogP contribution in [0.25, 0.3) is 22.4 Å². The number of para-hydroxylation sites is 1. The zero-order valence-corrected chi connectivity index (χ0v) is 37.8. The number of hydrogen-bond donors (Lipinski definition) is 0. The molecule has 3 aromatic rings. The number of anilines is 2. The van der Waals surface area contributed by atoms with E-state index in [1.807, 2.05) is 6.08 Å². The van der Waals surface area contributed by atoms with E-state index in [4.69, 9.17) is 0 Å². The molecule has 6 aliphatic rings. The predicted octanol–water partition coefficient (Wildman–Crippen LogP) is 16.2. The molecule has 9 rings (SSSR count). The number of allylic oxidation sites excluding steroid dienone is 21. The highest BCUT2D eigenvalue weighted by Gasteiger charge is 2.46. The first-order chi connectivity index (χ1) is 30.2. The smallest absolute Gasteiger partial charge is 0.0711 e. The molecule has 0 radical (unpaired) electrons. The Labute approximate surface area is 372 Å². The van der Waals surface area contributed by atoms with Crippen LogP contribution in [0.2, 0.25) is 0 Å². The largest absolute Gasteiger partial charge is 0.335 e. The van der Waals surface area contributed by atoms with E-state index in [1.54, 1.807) is 0 Å². The first-order valence-electron chi connectivity index (χ1n) is 23.3. The molecule has 5 unspecified atom stereocenters. The molecular formula is C60H64N2. The van der Waals surface area contributed by atoms with E-state index in [2.05, 4.69) is 222 Å². The molecule has 0 aromatic heterocycles. The molecule has 2 nitrogen and oxygen atoms in total. The standard InChI is InChI=1S/C60H64N2/c1-8-44(41(2)3)30-29-43(6)62(50-27-19-12-20-28-50)60(7)40-55(47-23-15-10-16-24-47)52-35-36-53-57(61(48-25-17-11-18-26-48)49-33-31-45(32-34-49)42(4)5)39-54(46-21-13-9-14-22-46)51-37-38-56(60)59(52)58(51)53/h8-17,19-21,23,25,27-31,33-42,45-47,56H,1,18,22,24,26,32H2,2-7H3/b43-29+,44-30+. The third-order valence-electron chi connectivity index (χ3n) is 14.3. The van der Waals surface area contributed by atoms with Crippen molar-refractivity contribution in [2.24, 2.45) is 23.7 Å². The molecule has 0 bridgehead atoms. The summed E-state index contributed by atoms with van der Waals surface area (Å²) in [6.07, 6.45) is 52.2. The van der Waals surface area contributed by atoms with E-state index in [9.17, 15) is 0 Å². The lowest BCUT2D eigenvalue weighted by Crippen LogP contribution is -2.50. The highest BCUT2D eigenvalue weighted by molar-refractivity contribution is 6.08. The van der Waals surface area contributed by atoms with Gasteiger partial charge in [0.15, 0.2) is 0 Å². The average Bonchev–Trinajstić information content (AvgIpc) is 3.30. The summed E-state index contributed by atoms with van der Waals surface area (Å²) in [7, 11) is 0. The predicted molar refractivity (Wildman–Crippen MR) is 269 cm³/mol. The van der Waals surface area contributed by atoms with Crippen LogP contribution in [0.1, 0.15) is 108 Å². The van der Waals surface area contributed by atoms with Crippen molar-refractivity contribution in [2.45, 2.75) is 91.0 Å². The van der Waals surface area contributed by atoms with Gasteiger partial charge in [0, 0.05) is 45.9 Å². The Morgan fingerprint density at radius 1 is 0.823 bits per heavy atom. The van der Waals surface area contributed by atoms with Gasteiger partial charge in [-0.15, -0.1) is 0 Å². The minimum Gasteiger partial charge on any atom is -0.335 e. The van der Waals surface area contributed by atoms with Crippen LogP contribution < -0.4 is 9.80 Å². The molecule has 62 heavy (non-hydrogen) atoms. The Hall–Kier alpha value is -5.86. The number of benzene rings is 3. The minimum absolute atomic E-state index is 0.0767. The molecule has 0 heterocycles. The maximum absolute atomic E-state index is 4.18. The van der Waals surface area contributed by atoms with E-state index in [1.165, 1.54) is 72.6 Å². The van der Waals surface area contributed by atoms with Crippen LogP contribution in [0.4, 0.5) is 11.4 Å². The molecule has 314 valence electrons. The first-order valence-corrected chi connectivity index (χ1v) is 23.3. The Balaban J connectivity index is 1.34. The van der Waals surface area contributed by atoms with Gasteiger partial charge in [-0.05, 0) is 139 Å². The van der Waals surface area contributed by atoms with Crippen molar-refractivity contribution in [3.63, 3.8) is 0 Å². The van der Waals surface area contributed by atoms with Crippen LogP contribution in [-0.4, -0.2) is 5.54 Å². The van der Waals surface area contributed by atoms with Gasteiger partial charge >= 0.3 is 0 Å². The van der Waals surface area contributed by atoms with Crippen LogP contribution in [0.5, 0.6) is 0 Å².